The second-order valence-corrected chi connectivity index (χ2v) is 4.72. The molecule has 0 aliphatic carbocycles. The molecular formula is C13H20BrNO. The van der Waals surface area contributed by atoms with Crippen LogP contribution in [-0.2, 0) is 0 Å². The molecule has 0 aliphatic heterocycles. The molecule has 1 aromatic rings. The highest BCUT2D eigenvalue weighted by Crippen LogP contribution is 2.21. The van der Waals surface area contributed by atoms with Crippen molar-refractivity contribution in [3.05, 3.63) is 28.2 Å². The lowest BCUT2D eigenvalue weighted by atomic mass is 10.2. The van der Waals surface area contributed by atoms with Gasteiger partial charge in [-0.25, -0.2) is 0 Å². The number of rotatable bonds is 7. The third-order valence-electron chi connectivity index (χ3n) is 2.38. The van der Waals surface area contributed by atoms with Crippen LogP contribution in [0.2, 0.25) is 0 Å². The van der Waals surface area contributed by atoms with Gasteiger partial charge in [0.05, 0.1) is 0 Å². The van der Waals surface area contributed by atoms with Gasteiger partial charge in [-0.1, -0.05) is 29.3 Å². The predicted molar refractivity (Wildman–Crippen MR) is 72.2 cm³/mol. The number of benzene rings is 1. The van der Waals surface area contributed by atoms with Crippen LogP contribution < -0.4 is 10.1 Å². The quantitative estimate of drug-likeness (QED) is 0.774. The average molecular weight is 286 g/mol. The fourth-order valence-electron chi connectivity index (χ4n) is 1.37. The summed E-state index contributed by atoms with van der Waals surface area (Å²) >= 11 is 3.47. The highest BCUT2D eigenvalue weighted by molar-refractivity contribution is 9.10. The van der Waals surface area contributed by atoms with E-state index in [0.717, 1.165) is 29.9 Å². The summed E-state index contributed by atoms with van der Waals surface area (Å²) in [5.74, 6) is 0.943. The lowest BCUT2D eigenvalue weighted by Gasteiger charge is -2.08. The number of halogens is 1. The van der Waals surface area contributed by atoms with Gasteiger partial charge >= 0.3 is 0 Å². The highest BCUT2D eigenvalue weighted by atomic mass is 79.9. The molecule has 1 aromatic carbocycles. The van der Waals surface area contributed by atoms with Crippen LogP contribution in [-0.4, -0.2) is 19.7 Å². The molecule has 0 spiro atoms. The normalized spacial score (nSPS) is 10.4. The molecule has 0 saturated heterocycles. The summed E-state index contributed by atoms with van der Waals surface area (Å²) in [6.45, 7) is 6.98. The minimum atomic E-state index is 0.727. The smallest absolute Gasteiger partial charge is 0.119 e. The fourth-order valence-corrected chi connectivity index (χ4v) is 1.62. The molecule has 90 valence electrons. The molecule has 0 bridgehead atoms. The zero-order valence-electron chi connectivity index (χ0n) is 10.1. The Balaban J connectivity index is 2.19. The maximum absolute atomic E-state index is 5.64. The molecule has 0 atom stereocenters. The van der Waals surface area contributed by atoms with Crippen LogP contribution in [0.1, 0.15) is 25.3 Å². The van der Waals surface area contributed by atoms with Crippen LogP contribution in [0, 0.1) is 6.92 Å². The van der Waals surface area contributed by atoms with E-state index in [1.165, 1.54) is 18.4 Å². The van der Waals surface area contributed by atoms with E-state index in [1.54, 1.807) is 0 Å². The van der Waals surface area contributed by atoms with Crippen molar-refractivity contribution in [1.82, 2.24) is 5.32 Å². The second-order valence-electron chi connectivity index (χ2n) is 3.86. The Kier molecular flexibility index (Phi) is 6.50. The van der Waals surface area contributed by atoms with Gasteiger partial charge in [-0.15, -0.1) is 0 Å². The molecule has 0 unspecified atom stereocenters. The van der Waals surface area contributed by atoms with Gasteiger partial charge in [0, 0.05) is 11.0 Å². The number of ether oxygens (including phenoxy) is 1. The number of unbranched alkanes of at least 4 members (excludes halogenated alkanes) is 1. The summed E-state index contributed by atoms with van der Waals surface area (Å²) in [7, 11) is 0. The van der Waals surface area contributed by atoms with E-state index in [2.05, 4.69) is 41.2 Å². The minimum absolute atomic E-state index is 0.727. The Morgan fingerprint density at radius 3 is 2.81 bits per heavy atom. The van der Waals surface area contributed by atoms with E-state index in [0.29, 0.717) is 0 Å². The standard InChI is InChI=1S/C13H20BrNO/c1-3-4-7-15-8-9-16-12-5-6-13(14)11(2)10-12/h5-6,10,15H,3-4,7-9H2,1-2H3. The maximum Gasteiger partial charge on any atom is 0.119 e. The topological polar surface area (TPSA) is 21.3 Å². The van der Waals surface area contributed by atoms with Crippen LogP contribution in [0.5, 0.6) is 5.75 Å². The number of hydrogen-bond acceptors (Lipinski definition) is 2. The zero-order valence-corrected chi connectivity index (χ0v) is 11.6. The fraction of sp³-hybridized carbons (Fsp3) is 0.538. The predicted octanol–water partition coefficient (Wildman–Crippen LogP) is 3.53. The van der Waals surface area contributed by atoms with E-state index >= 15 is 0 Å². The summed E-state index contributed by atoms with van der Waals surface area (Å²) in [4.78, 5) is 0. The van der Waals surface area contributed by atoms with Crippen LogP contribution in [0.4, 0.5) is 0 Å². The Hall–Kier alpha value is -0.540. The highest BCUT2D eigenvalue weighted by Gasteiger charge is 1.97. The van der Waals surface area contributed by atoms with Crippen molar-refractivity contribution in [3.63, 3.8) is 0 Å². The van der Waals surface area contributed by atoms with Crippen molar-refractivity contribution in [1.29, 1.82) is 0 Å². The maximum atomic E-state index is 5.64. The molecule has 0 saturated carbocycles. The van der Waals surface area contributed by atoms with Gasteiger partial charge in [-0.05, 0) is 43.7 Å². The third kappa shape index (κ3) is 4.99. The first-order valence-electron chi connectivity index (χ1n) is 5.83. The van der Waals surface area contributed by atoms with Crippen LogP contribution >= 0.6 is 15.9 Å². The monoisotopic (exact) mass is 285 g/mol. The van der Waals surface area contributed by atoms with Crippen molar-refractivity contribution >= 4 is 15.9 Å². The second kappa shape index (κ2) is 7.69. The Bertz CT molecular complexity index is 315. The molecule has 0 radical (unpaired) electrons. The van der Waals surface area contributed by atoms with Crippen molar-refractivity contribution in [3.8, 4) is 5.75 Å². The molecule has 0 amide bonds. The summed E-state index contributed by atoms with van der Waals surface area (Å²) < 4.78 is 6.76. The van der Waals surface area contributed by atoms with Gasteiger partial charge in [0.25, 0.3) is 0 Å². The molecule has 1 N–H and O–H groups in total. The van der Waals surface area contributed by atoms with Crippen LogP contribution in [0.3, 0.4) is 0 Å². The van der Waals surface area contributed by atoms with E-state index in [9.17, 15) is 0 Å². The van der Waals surface area contributed by atoms with E-state index in [1.807, 2.05) is 12.1 Å². The Morgan fingerprint density at radius 2 is 2.12 bits per heavy atom. The first-order chi connectivity index (χ1) is 7.74. The van der Waals surface area contributed by atoms with E-state index in [-0.39, 0.29) is 0 Å². The van der Waals surface area contributed by atoms with Gasteiger partial charge < -0.3 is 10.1 Å². The first-order valence-corrected chi connectivity index (χ1v) is 6.63. The average Bonchev–Trinajstić information content (AvgIpc) is 2.28. The molecule has 0 aliphatic rings. The summed E-state index contributed by atoms with van der Waals surface area (Å²) in [5, 5.41) is 3.35. The van der Waals surface area contributed by atoms with Gasteiger partial charge in [0.2, 0.25) is 0 Å². The Morgan fingerprint density at radius 1 is 1.31 bits per heavy atom. The summed E-state index contributed by atoms with van der Waals surface area (Å²) in [6, 6.07) is 6.06. The van der Waals surface area contributed by atoms with E-state index < -0.39 is 0 Å². The third-order valence-corrected chi connectivity index (χ3v) is 3.27. The van der Waals surface area contributed by atoms with Gasteiger partial charge in [0.15, 0.2) is 0 Å². The van der Waals surface area contributed by atoms with Crippen LogP contribution in [0.25, 0.3) is 0 Å². The molecule has 0 fully saturated rings. The van der Waals surface area contributed by atoms with E-state index in [4.69, 9.17) is 4.74 Å². The van der Waals surface area contributed by atoms with Crippen molar-refractivity contribution in [2.24, 2.45) is 0 Å². The lowest BCUT2D eigenvalue weighted by molar-refractivity contribution is 0.313. The Labute approximate surface area is 107 Å². The molecule has 0 aromatic heterocycles. The molecule has 0 heterocycles. The molecular weight excluding hydrogens is 266 g/mol. The lowest BCUT2D eigenvalue weighted by Crippen LogP contribution is -2.21. The van der Waals surface area contributed by atoms with Gasteiger partial charge in [-0.2, -0.15) is 0 Å². The minimum Gasteiger partial charge on any atom is -0.492 e. The SMILES string of the molecule is CCCCNCCOc1ccc(Br)c(C)c1. The summed E-state index contributed by atoms with van der Waals surface area (Å²) in [6.07, 6.45) is 2.47. The zero-order chi connectivity index (χ0) is 11.8. The number of aryl methyl sites for hydroxylation is 1. The molecule has 16 heavy (non-hydrogen) atoms. The molecule has 1 rings (SSSR count). The van der Waals surface area contributed by atoms with Crippen LogP contribution in [0.15, 0.2) is 22.7 Å². The van der Waals surface area contributed by atoms with Crippen molar-refractivity contribution in [2.45, 2.75) is 26.7 Å². The van der Waals surface area contributed by atoms with Gasteiger partial charge in [0.1, 0.15) is 12.4 Å². The number of nitrogens with one attached hydrogen (secondary N) is 1. The largest absolute Gasteiger partial charge is 0.492 e. The first kappa shape index (κ1) is 13.5. The van der Waals surface area contributed by atoms with Gasteiger partial charge in [-0.3, -0.25) is 0 Å². The number of hydrogen-bond donors (Lipinski definition) is 1. The molecule has 2 nitrogen and oxygen atoms in total. The van der Waals surface area contributed by atoms with Crippen molar-refractivity contribution < 1.29 is 4.74 Å². The summed E-state index contributed by atoms with van der Waals surface area (Å²) in [5.41, 5.74) is 1.21. The van der Waals surface area contributed by atoms with Crippen molar-refractivity contribution in [2.75, 3.05) is 19.7 Å². The molecule has 3 heteroatoms.